The third-order valence-corrected chi connectivity index (χ3v) is 2.61. The van der Waals surface area contributed by atoms with E-state index < -0.39 is 21.5 Å². The second-order valence-corrected chi connectivity index (χ2v) is 4.32. The summed E-state index contributed by atoms with van der Waals surface area (Å²) in [5, 5.41) is 8.28. The monoisotopic (exact) mass is 181 g/mol. The van der Waals surface area contributed by atoms with Crippen molar-refractivity contribution in [2.75, 3.05) is 18.1 Å². The molecule has 0 aromatic rings. The van der Waals surface area contributed by atoms with Crippen LogP contribution in [0.5, 0.6) is 0 Å². The Labute approximate surface area is 65.1 Å². The molecule has 0 aliphatic heterocycles. The fourth-order valence-corrected chi connectivity index (χ4v) is 1.72. The van der Waals surface area contributed by atoms with Crippen molar-refractivity contribution in [3.05, 3.63) is 0 Å². The average molecular weight is 181 g/mol. The van der Waals surface area contributed by atoms with Crippen molar-refractivity contribution in [2.24, 2.45) is 5.73 Å². The van der Waals surface area contributed by atoms with Crippen LogP contribution in [0.25, 0.3) is 0 Å². The molecule has 0 fully saturated rings. The van der Waals surface area contributed by atoms with E-state index in [9.17, 15) is 13.2 Å². The summed E-state index contributed by atoms with van der Waals surface area (Å²) >= 11 is 0. The van der Waals surface area contributed by atoms with E-state index in [1.165, 1.54) is 0 Å². The third-order valence-electron chi connectivity index (χ3n) is 0.976. The van der Waals surface area contributed by atoms with E-state index >= 15 is 0 Å². The van der Waals surface area contributed by atoms with Crippen molar-refractivity contribution in [1.82, 2.24) is 0 Å². The van der Waals surface area contributed by atoms with E-state index in [1.807, 2.05) is 0 Å². The zero-order valence-electron chi connectivity index (χ0n) is 5.99. The molecule has 11 heavy (non-hydrogen) atoms. The van der Waals surface area contributed by atoms with Crippen molar-refractivity contribution in [1.29, 1.82) is 0 Å². The van der Waals surface area contributed by atoms with Crippen molar-refractivity contribution >= 4 is 15.7 Å². The molecule has 0 saturated heterocycles. The highest BCUT2D eigenvalue weighted by molar-refractivity contribution is 7.92. The van der Waals surface area contributed by atoms with Crippen LogP contribution in [0.4, 0.5) is 0 Å². The van der Waals surface area contributed by atoms with Crippen LogP contribution in [-0.4, -0.2) is 37.5 Å². The molecule has 1 amide bonds. The smallest absolute Gasteiger partial charge is 0.232 e. The van der Waals surface area contributed by atoms with Gasteiger partial charge in [0.15, 0.2) is 9.84 Å². The summed E-state index contributed by atoms with van der Waals surface area (Å²) in [5.74, 6) is -1.68. The van der Waals surface area contributed by atoms with Gasteiger partial charge in [0, 0.05) is 6.61 Å². The van der Waals surface area contributed by atoms with E-state index in [-0.39, 0.29) is 18.8 Å². The Morgan fingerprint density at radius 1 is 1.45 bits per heavy atom. The lowest BCUT2D eigenvalue weighted by atomic mass is 10.5. The summed E-state index contributed by atoms with van der Waals surface area (Å²) < 4.78 is 21.6. The minimum Gasteiger partial charge on any atom is -0.396 e. The number of rotatable bonds is 5. The van der Waals surface area contributed by atoms with Gasteiger partial charge >= 0.3 is 0 Å². The van der Waals surface area contributed by atoms with Gasteiger partial charge in [-0.2, -0.15) is 0 Å². The minimum absolute atomic E-state index is 0.148. The summed E-state index contributed by atoms with van der Waals surface area (Å²) in [5.41, 5.74) is 4.67. The zero-order valence-corrected chi connectivity index (χ0v) is 6.80. The number of nitrogens with two attached hydrogens (primary N) is 1. The lowest BCUT2D eigenvalue weighted by molar-refractivity contribution is -0.115. The van der Waals surface area contributed by atoms with Crippen LogP contribution >= 0.6 is 0 Å². The quantitative estimate of drug-likeness (QED) is 0.526. The lowest BCUT2D eigenvalue weighted by Gasteiger charge is -1.98. The molecular weight excluding hydrogens is 170 g/mol. The molecule has 0 aliphatic rings. The molecule has 0 saturated carbocycles. The van der Waals surface area contributed by atoms with E-state index in [1.54, 1.807) is 0 Å². The van der Waals surface area contributed by atoms with Crippen LogP contribution in [0.1, 0.15) is 6.42 Å². The lowest BCUT2D eigenvalue weighted by Crippen LogP contribution is -2.25. The number of primary amides is 1. The van der Waals surface area contributed by atoms with Crippen LogP contribution < -0.4 is 5.73 Å². The maximum atomic E-state index is 10.8. The first-order valence-electron chi connectivity index (χ1n) is 3.07. The predicted molar refractivity (Wildman–Crippen MR) is 39.6 cm³/mol. The maximum Gasteiger partial charge on any atom is 0.232 e. The molecule has 0 aromatic heterocycles. The first-order valence-corrected chi connectivity index (χ1v) is 4.89. The van der Waals surface area contributed by atoms with Crippen LogP contribution in [0.15, 0.2) is 0 Å². The number of carbonyl (C=O) groups is 1. The normalized spacial score (nSPS) is 11.4. The van der Waals surface area contributed by atoms with Crippen molar-refractivity contribution < 1.29 is 18.3 Å². The van der Waals surface area contributed by atoms with Crippen LogP contribution in [0, 0.1) is 0 Å². The summed E-state index contributed by atoms with van der Waals surface area (Å²) in [7, 11) is -3.38. The molecule has 66 valence electrons. The fraction of sp³-hybridized carbons (Fsp3) is 0.800. The zero-order chi connectivity index (χ0) is 8.91. The summed E-state index contributed by atoms with van der Waals surface area (Å²) in [6.07, 6.45) is 0.148. The van der Waals surface area contributed by atoms with Gasteiger partial charge in [0.2, 0.25) is 5.91 Å². The number of sulfone groups is 1. The first-order chi connectivity index (χ1) is 4.98. The molecule has 0 radical (unpaired) electrons. The van der Waals surface area contributed by atoms with Gasteiger partial charge in [-0.1, -0.05) is 0 Å². The molecule has 0 bridgehead atoms. The molecule has 0 heterocycles. The Hall–Kier alpha value is -0.620. The SMILES string of the molecule is NC(=O)CS(=O)(=O)CCCO. The van der Waals surface area contributed by atoms with Gasteiger partial charge in [0.25, 0.3) is 0 Å². The molecule has 6 heteroatoms. The summed E-state index contributed by atoms with van der Waals surface area (Å²) in [4.78, 5) is 10.2. The van der Waals surface area contributed by atoms with E-state index in [2.05, 4.69) is 5.73 Å². The highest BCUT2D eigenvalue weighted by Gasteiger charge is 2.12. The number of amides is 1. The topological polar surface area (TPSA) is 97.5 Å². The highest BCUT2D eigenvalue weighted by Crippen LogP contribution is 1.92. The van der Waals surface area contributed by atoms with Gasteiger partial charge < -0.3 is 10.8 Å². The van der Waals surface area contributed by atoms with Crippen molar-refractivity contribution in [3.8, 4) is 0 Å². The highest BCUT2D eigenvalue weighted by atomic mass is 32.2. The molecule has 0 aromatic carbocycles. The Kier molecular flexibility index (Phi) is 4.06. The Morgan fingerprint density at radius 2 is 2.00 bits per heavy atom. The number of aliphatic hydroxyl groups excluding tert-OH is 1. The molecule has 0 unspecified atom stereocenters. The van der Waals surface area contributed by atoms with E-state index in [0.717, 1.165) is 0 Å². The number of hydrogen-bond donors (Lipinski definition) is 2. The fourth-order valence-electron chi connectivity index (χ4n) is 0.573. The Bertz CT molecular complexity index is 221. The Morgan fingerprint density at radius 3 is 2.36 bits per heavy atom. The molecule has 0 atom stereocenters. The van der Waals surface area contributed by atoms with Crippen molar-refractivity contribution in [3.63, 3.8) is 0 Å². The van der Waals surface area contributed by atoms with Crippen LogP contribution in [0.2, 0.25) is 0 Å². The van der Waals surface area contributed by atoms with Crippen molar-refractivity contribution in [2.45, 2.75) is 6.42 Å². The standard InChI is InChI=1S/C5H11NO4S/c6-5(8)4-11(9,10)3-1-2-7/h7H,1-4H2,(H2,6,8). The summed E-state index contributed by atoms with van der Waals surface area (Å²) in [6, 6.07) is 0. The van der Waals surface area contributed by atoms with E-state index in [0.29, 0.717) is 0 Å². The maximum absolute atomic E-state index is 10.8. The average Bonchev–Trinajstić information content (AvgIpc) is 1.81. The first kappa shape index (κ1) is 10.4. The molecule has 3 N–H and O–H groups in total. The van der Waals surface area contributed by atoms with E-state index in [4.69, 9.17) is 5.11 Å². The minimum atomic E-state index is -3.38. The Balaban J connectivity index is 3.92. The third kappa shape index (κ3) is 5.81. The molecular formula is C5H11NO4S. The molecule has 0 aliphatic carbocycles. The number of hydrogen-bond acceptors (Lipinski definition) is 4. The molecule has 0 spiro atoms. The second kappa shape index (κ2) is 4.30. The molecule has 5 nitrogen and oxygen atoms in total. The van der Waals surface area contributed by atoms with Crippen LogP contribution in [-0.2, 0) is 14.6 Å². The second-order valence-electron chi connectivity index (χ2n) is 2.14. The van der Waals surface area contributed by atoms with Crippen LogP contribution in [0.3, 0.4) is 0 Å². The predicted octanol–water partition coefficient (Wildman–Crippen LogP) is -1.73. The van der Waals surface area contributed by atoms with Gasteiger partial charge in [-0.3, -0.25) is 4.79 Å². The number of aliphatic hydroxyl groups is 1. The largest absolute Gasteiger partial charge is 0.396 e. The van der Waals surface area contributed by atoms with Gasteiger partial charge in [-0.15, -0.1) is 0 Å². The number of carbonyl (C=O) groups excluding carboxylic acids is 1. The van der Waals surface area contributed by atoms with Gasteiger partial charge in [0.1, 0.15) is 5.75 Å². The summed E-state index contributed by atoms with van der Waals surface area (Å²) in [6.45, 7) is -0.196. The van der Waals surface area contributed by atoms with Gasteiger partial charge in [0.05, 0.1) is 5.75 Å². The van der Waals surface area contributed by atoms with Gasteiger partial charge in [-0.25, -0.2) is 8.42 Å². The molecule has 0 rings (SSSR count). The van der Waals surface area contributed by atoms with Gasteiger partial charge in [-0.05, 0) is 6.42 Å².